The Morgan fingerprint density at radius 3 is 2.41 bits per heavy atom. The number of carbonyl (C=O) groups is 1. The van der Waals surface area contributed by atoms with E-state index < -0.39 is 10.0 Å². The van der Waals surface area contributed by atoms with Gasteiger partial charge in [-0.25, -0.2) is 13.6 Å². The fourth-order valence-electron chi connectivity index (χ4n) is 2.65. The van der Waals surface area contributed by atoms with E-state index in [2.05, 4.69) is 21.2 Å². The molecule has 150 valence electrons. The lowest BCUT2D eigenvalue weighted by Crippen LogP contribution is -2.13. The number of sulfonamides is 1. The van der Waals surface area contributed by atoms with Crippen molar-refractivity contribution in [2.24, 2.45) is 5.14 Å². The van der Waals surface area contributed by atoms with Gasteiger partial charge in [0.05, 0.1) is 10.7 Å². The van der Waals surface area contributed by atoms with Crippen LogP contribution in [0.15, 0.2) is 70.0 Å². The van der Waals surface area contributed by atoms with Gasteiger partial charge in [-0.2, -0.15) is 0 Å². The number of nitrogens with one attached hydrogen (secondary N) is 1. The zero-order chi connectivity index (χ0) is 21.2. The van der Waals surface area contributed by atoms with Gasteiger partial charge in [-0.05, 0) is 48.0 Å². The fraction of sp³-hybridized carbons (Fsp3) is 0.0500. The van der Waals surface area contributed by atoms with E-state index >= 15 is 0 Å². The van der Waals surface area contributed by atoms with Crippen LogP contribution in [0.4, 0.5) is 5.69 Å². The third-order valence-corrected chi connectivity index (χ3v) is 5.78. The standard InChI is InChI=1S/C20H16BrClN2O4S/c1-12(25)24-17-4-2-3-16(20(17)22)13-5-10-18(19(11-13)29(23,26)27)28-15-8-6-14(21)7-9-15/h2-11H,1H3,(H,24,25)(H2,23,26,27). The Bertz CT molecular complexity index is 1180. The van der Waals surface area contributed by atoms with Crippen LogP contribution in [0.5, 0.6) is 11.5 Å². The first kappa shape index (κ1) is 21.3. The number of hydrogen-bond donors (Lipinski definition) is 2. The van der Waals surface area contributed by atoms with Gasteiger partial charge in [0.25, 0.3) is 0 Å². The molecule has 0 unspecified atom stereocenters. The van der Waals surface area contributed by atoms with Crippen molar-refractivity contribution < 1.29 is 17.9 Å². The van der Waals surface area contributed by atoms with Gasteiger partial charge in [0.1, 0.15) is 16.4 Å². The predicted octanol–water partition coefficient (Wildman–Crippen LogP) is 5.17. The van der Waals surface area contributed by atoms with Crippen LogP contribution in [-0.4, -0.2) is 14.3 Å². The van der Waals surface area contributed by atoms with Crippen LogP contribution in [-0.2, 0) is 14.8 Å². The lowest BCUT2D eigenvalue weighted by atomic mass is 10.0. The molecule has 6 nitrogen and oxygen atoms in total. The fourth-order valence-corrected chi connectivity index (χ4v) is 3.88. The summed E-state index contributed by atoms with van der Waals surface area (Å²) >= 11 is 9.74. The Hall–Kier alpha value is -2.39. The molecule has 0 spiro atoms. The summed E-state index contributed by atoms with van der Waals surface area (Å²) in [4.78, 5) is 11.2. The Morgan fingerprint density at radius 1 is 1.10 bits per heavy atom. The minimum atomic E-state index is -4.08. The van der Waals surface area contributed by atoms with Gasteiger partial charge < -0.3 is 10.1 Å². The number of hydrogen-bond acceptors (Lipinski definition) is 4. The van der Waals surface area contributed by atoms with E-state index in [0.717, 1.165) is 4.47 Å². The third-order valence-electron chi connectivity index (χ3n) is 3.91. The van der Waals surface area contributed by atoms with Gasteiger partial charge in [-0.3, -0.25) is 4.79 Å². The van der Waals surface area contributed by atoms with Crippen molar-refractivity contribution in [2.45, 2.75) is 11.8 Å². The molecule has 0 radical (unpaired) electrons. The van der Waals surface area contributed by atoms with Crippen LogP contribution in [0, 0.1) is 0 Å². The molecule has 3 aromatic rings. The second kappa shape index (κ2) is 8.54. The van der Waals surface area contributed by atoms with Crippen LogP contribution in [0.2, 0.25) is 5.02 Å². The Morgan fingerprint density at radius 2 is 1.79 bits per heavy atom. The summed E-state index contributed by atoms with van der Waals surface area (Å²) in [6.07, 6.45) is 0. The molecule has 3 N–H and O–H groups in total. The van der Waals surface area contributed by atoms with Crippen LogP contribution in [0.25, 0.3) is 11.1 Å². The number of ether oxygens (including phenoxy) is 1. The Kier molecular flexibility index (Phi) is 6.28. The van der Waals surface area contributed by atoms with Crippen LogP contribution < -0.4 is 15.2 Å². The van der Waals surface area contributed by atoms with Gasteiger partial charge in [0.2, 0.25) is 15.9 Å². The molecule has 0 aliphatic heterocycles. The maximum atomic E-state index is 12.2. The Labute approximate surface area is 181 Å². The highest BCUT2D eigenvalue weighted by molar-refractivity contribution is 9.10. The van der Waals surface area contributed by atoms with Gasteiger partial charge in [0.15, 0.2) is 0 Å². The first-order valence-electron chi connectivity index (χ1n) is 8.32. The number of primary sulfonamides is 1. The topological polar surface area (TPSA) is 98.5 Å². The highest BCUT2D eigenvalue weighted by Gasteiger charge is 2.19. The monoisotopic (exact) mass is 494 g/mol. The van der Waals surface area contributed by atoms with E-state index in [4.69, 9.17) is 21.5 Å². The molecule has 0 aliphatic rings. The molecule has 0 bridgehead atoms. The van der Waals surface area contributed by atoms with Crippen molar-refractivity contribution in [3.8, 4) is 22.6 Å². The first-order chi connectivity index (χ1) is 13.6. The molecular formula is C20H16BrClN2O4S. The lowest BCUT2D eigenvalue weighted by molar-refractivity contribution is -0.114. The second-order valence-corrected chi connectivity index (χ2v) is 8.93. The summed E-state index contributed by atoms with van der Waals surface area (Å²) in [5, 5.41) is 8.33. The van der Waals surface area contributed by atoms with Crippen molar-refractivity contribution in [1.29, 1.82) is 0 Å². The number of carbonyl (C=O) groups excluding carboxylic acids is 1. The minimum absolute atomic E-state index is 0.0905. The zero-order valence-electron chi connectivity index (χ0n) is 15.1. The van der Waals surface area contributed by atoms with Crippen molar-refractivity contribution in [1.82, 2.24) is 0 Å². The molecule has 0 atom stereocenters. The molecule has 3 rings (SSSR count). The van der Waals surface area contributed by atoms with E-state index in [1.54, 1.807) is 48.5 Å². The summed E-state index contributed by atoms with van der Waals surface area (Å²) in [6.45, 7) is 1.37. The number of benzene rings is 3. The second-order valence-electron chi connectivity index (χ2n) is 6.11. The number of amides is 1. The molecule has 1 amide bonds. The van der Waals surface area contributed by atoms with Crippen LogP contribution in [0.3, 0.4) is 0 Å². The highest BCUT2D eigenvalue weighted by Crippen LogP contribution is 2.37. The molecule has 0 heterocycles. The van der Waals surface area contributed by atoms with Gasteiger partial charge >= 0.3 is 0 Å². The van der Waals surface area contributed by atoms with E-state index in [9.17, 15) is 13.2 Å². The molecule has 9 heteroatoms. The maximum absolute atomic E-state index is 12.2. The van der Waals surface area contributed by atoms with E-state index in [0.29, 0.717) is 22.6 Å². The highest BCUT2D eigenvalue weighted by atomic mass is 79.9. The quantitative estimate of drug-likeness (QED) is 0.510. The summed E-state index contributed by atoms with van der Waals surface area (Å²) in [5.41, 5.74) is 1.47. The SMILES string of the molecule is CC(=O)Nc1cccc(-c2ccc(Oc3ccc(Br)cc3)c(S(N)(=O)=O)c2)c1Cl. The van der Waals surface area contributed by atoms with Crippen molar-refractivity contribution in [3.05, 3.63) is 70.2 Å². The zero-order valence-corrected chi connectivity index (χ0v) is 18.3. The average Bonchev–Trinajstić information content (AvgIpc) is 2.64. The van der Waals surface area contributed by atoms with Crippen LogP contribution in [0.1, 0.15) is 6.92 Å². The number of anilines is 1. The van der Waals surface area contributed by atoms with Gasteiger partial charge in [-0.1, -0.05) is 45.7 Å². The van der Waals surface area contributed by atoms with Crippen molar-refractivity contribution in [3.63, 3.8) is 0 Å². The molecular weight excluding hydrogens is 480 g/mol. The van der Waals surface area contributed by atoms with E-state index in [1.807, 2.05) is 0 Å². The molecule has 0 saturated carbocycles. The summed E-state index contributed by atoms with van der Waals surface area (Å²) in [6, 6.07) is 16.6. The first-order valence-corrected chi connectivity index (χ1v) is 11.0. The number of halogens is 2. The minimum Gasteiger partial charge on any atom is -0.456 e. The smallest absolute Gasteiger partial charge is 0.241 e. The molecule has 0 aromatic heterocycles. The predicted molar refractivity (Wildman–Crippen MR) is 117 cm³/mol. The average molecular weight is 496 g/mol. The van der Waals surface area contributed by atoms with Crippen molar-refractivity contribution >= 4 is 49.1 Å². The third kappa shape index (κ3) is 5.16. The molecule has 29 heavy (non-hydrogen) atoms. The maximum Gasteiger partial charge on any atom is 0.241 e. The lowest BCUT2D eigenvalue weighted by Gasteiger charge is -2.14. The summed E-state index contributed by atoms with van der Waals surface area (Å²) in [7, 11) is -4.08. The molecule has 0 fully saturated rings. The molecule has 3 aromatic carbocycles. The van der Waals surface area contributed by atoms with Gasteiger partial charge in [-0.15, -0.1) is 0 Å². The summed E-state index contributed by atoms with van der Waals surface area (Å²) < 4.78 is 30.9. The summed E-state index contributed by atoms with van der Waals surface area (Å²) in [5.74, 6) is 0.275. The number of nitrogens with two attached hydrogens (primary N) is 1. The normalized spacial score (nSPS) is 11.2. The Balaban J connectivity index is 2.07. The molecule has 0 aliphatic carbocycles. The van der Waals surface area contributed by atoms with E-state index in [1.165, 1.54) is 19.1 Å². The van der Waals surface area contributed by atoms with E-state index in [-0.39, 0.29) is 21.6 Å². The van der Waals surface area contributed by atoms with Crippen LogP contribution >= 0.6 is 27.5 Å². The van der Waals surface area contributed by atoms with Crippen molar-refractivity contribution in [2.75, 3.05) is 5.32 Å². The van der Waals surface area contributed by atoms with Gasteiger partial charge in [0, 0.05) is 17.0 Å². The number of rotatable bonds is 5. The molecule has 0 saturated heterocycles. The largest absolute Gasteiger partial charge is 0.456 e.